The molecule has 0 radical (unpaired) electrons. The molecule has 0 aliphatic carbocycles. The Morgan fingerprint density at radius 1 is 1.53 bits per heavy atom. The Bertz CT molecular complexity index is 448. The maximum Gasteiger partial charge on any atom is 0.251 e. The Labute approximate surface area is 119 Å². The normalized spacial score (nSPS) is 15.3. The summed E-state index contributed by atoms with van der Waals surface area (Å²) in [5, 5.41) is 6.38. The molecule has 0 bridgehead atoms. The minimum Gasteiger partial charge on any atom is -0.385 e. The van der Waals surface area contributed by atoms with Crippen LogP contribution in [0.25, 0.3) is 0 Å². The minimum absolute atomic E-state index is 0.0429. The van der Waals surface area contributed by atoms with Crippen molar-refractivity contribution in [2.75, 3.05) is 30.4 Å². The molecule has 1 aromatic rings. The molecular weight excluding hydrogens is 256 g/mol. The zero-order valence-corrected chi connectivity index (χ0v) is 12.5. The fourth-order valence-electron chi connectivity index (χ4n) is 2.33. The third kappa shape index (κ3) is 3.90. The first-order valence-electron chi connectivity index (χ1n) is 6.84. The number of hydrogen-bond donors (Lipinski definition) is 2. The lowest BCUT2D eigenvalue weighted by Crippen LogP contribution is -2.29. The van der Waals surface area contributed by atoms with Crippen LogP contribution in [0, 0.1) is 5.92 Å². The molecule has 1 heterocycles. The highest BCUT2D eigenvalue weighted by atomic mass is 32.2. The standard InChI is InChI=1S/C15H22N2OS/c1-11(10-19-2)9-17-15(18)13-5-6-14-12(8-13)4-3-7-16-14/h5-6,8,11,16H,3-4,7,9-10H2,1-2H3,(H,17,18). The number of nitrogens with one attached hydrogen (secondary N) is 2. The monoisotopic (exact) mass is 278 g/mol. The van der Waals surface area contributed by atoms with Crippen LogP contribution in [0.2, 0.25) is 0 Å². The summed E-state index contributed by atoms with van der Waals surface area (Å²) in [5.74, 6) is 1.63. The van der Waals surface area contributed by atoms with Crippen molar-refractivity contribution in [3.8, 4) is 0 Å². The van der Waals surface area contributed by atoms with Gasteiger partial charge in [-0.1, -0.05) is 6.92 Å². The number of benzene rings is 1. The minimum atomic E-state index is 0.0429. The fraction of sp³-hybridized carbons (Fsp3) is 0.533. The van der Waals surface area contributed by atoms with E-state index in [0.717, 1.165) is 37.2 Å². The summed E-state index contributed by atoms with van der Waals surface area (Å²) in [7, 11) is 0. The third-order valence-electron chi connectivity index (χ3n) is 3.37. The zero-order valence-electron chi connectivity index (χ0n) is 11.7. The van der Waals surface area contributed by atoms with E-state index in [1.54, 1.807) is 0 Å². The number of amides is 1. The van der Waals surface area contributed by atoms with Crippen LogP contribution in [0.4, 0.5) is 5.69 Å². The maximum absolute atomic E-state index is 12.1. The number of hydrogen-bond acceptors (Lipinski definition) is 3. The largest absolute Gasteiger partial charge is 0.385 e. The molecule has 19 heavy (non-hydrogen) atoms. The van der Waals surface area contributed by atoms with Crippen molar-refractivity contribution in [1.82, 2.24) is 5.32 Å². The van der Waals surface area contributed by atoms with E-state index in [4.69, 9.17) is 0 Å². The van der Waals surface area contributed by atoms with Crippen LogP contribution >= 0.6 is 11.8 Å². The van der Waals surface area contributed by atoms with Crippen LogP contribution < -0.4 is 10.6 Å². The van der Waals surface area contributed by atoms with Crippen molar-refractivity contribution < 1.29 is 4.79 Å². The van der Waals surface area contributed by atoms with E-state index in [2.05, 4.69) is 23.8 Å². The van der Waals surface area contributed by atoms with Gasteiger partial charge in [-0.25, -0.2) is 0 Å². The lowest BCUT2D eigenvalue weighted by molar-refractivity contribution is 0.0949. The molecule has 2 rings (SSSR count). The van der Waals surface area contributed by atoms with Crippen molar-refractivity contribution in [3.63, 3.8) is 0 Å². The Hall–Kier alpha value is -1.16. The van der Waals surface area contributed by atoms with E-state index in [9.17, 15) is 4.79 Å². The van der Waals surface area contributed by atoms with Crippen molar-refractivity contribution in [3.05, 3.63) is 29.3 Å². The number of rotatable bonds is 5. The quantitative estimate of drug-likeness (QED) is 0.870. The Balaban J connectivity index is 1.95. The molecule has 1 unspecified atom stereocenters. The molecule has 1 aromatic carbocycles. The van der Waals surface area contributed by atoms with Crippen molar-refractivity contribution in [2.45, 2.75) is 19.8 Å². The highest BCUT2D eigenvalue weighted by molar-refractivity contribution is 7.98. The van der Waals surface area contributed by atoms with E-state index >= 15 is 0 Å². The first-order valence-corrected chi connectivity index (χ1v) is 8.24. The number of aryl methyl sites for hydroxylation is 1. The van der Waals surface area contributed by atoms with E-state index in [0.29, 0.717) is 5.92 Å². The lowest BCUT2D eigenvalue weighted by Gasteiger charge is -2.18. The Kier molecular flexibility index (Phi) is 5.14. The molecule has 0 spiro atoms. The molecule has 0 fully saturated rings. The number of thioether (sulfide) groups is 1. The molecule has 0 saturated carbocycles. The predicted molar refractivity (Wildman–Crippen MR) is 83.1 cm³/mol. The number of anilines is 1. The van der Waals surface area contributed by atoms with Gasteiger partial charge in [-0.3, -0.25) is 4.79 Å². The van der Waals surface area contributed by atoms with Gasteiger partial charge in [0.15, 0.2) is 0 Å². The average molecular weight is 278 g/mol. The van der Waals surface area contributed by atoms with E-state index < -0.39 is 0 Å². The van der Waals surface area contributed by atoms with Gasteiger partial charge in [0.05, 0.1) is 0 Å². The summed E-state index contributed by atoms with van der Waals surface area (Å²) in [6.45, 7) is 3.94. The van der Waals surface area contributed by atoms with Gasteiger partial charge in [0.25, 0.3) is 5.91 Å². The maximum atomic E-state index is 12.1. The van der Waals surface area contributed by atoms with Gasteiger partial charge < -0.3 is 10.6 Å². The topological polar surface area (TPSA) is 41.1 Å². The summed E-state index contributed by atoms with van der Waals surface area (Å²) in [6, 6.07) is 5.95. The Morgan fingerprint density at radius 2 is 2.37 bits per heavy atom. The second kappa shape index (κ2) is 6.85. The molecule has 1 amide bonds. The first-order chi connectivity index (χ1) is 9.20. The molecule has 104 valence electrons. The second-order valence-electron chi connectivity index (χ2n) is 5.17. The molecule has 1 aliphatic rings. The van der Waals surface area contributed by atoms with Crippen LogP contribution in [-0.2, 0) is 6.42 Å². The fourth-order valence-corrected chi connectivity index (χ4v) is 3.02. The highest BCUT2D eigenvalue weighted by Crippen LogP contribution is 2.22. The number of carbonyl (C=O) groups excluding carboxylic acids is 1. The van der Waals surface area contributed by atoms with Crippen LogP contribution in [0.1, 0.15) is 29.3 Å². The summed E-state index contributed by atoms with van der Waals surface area (Å²) in [5.41, 5.74) is 3.22. The third-order valence-corrected chi connectivity index (χ3v) is 4.27. The molecule has 1 atom stereocenters. The predicted octanol–water partition coefficient (Wildman–Crippen LogP) is 2.77. The summed E-state index contributed by atoms with van der Waals surface area (Å²) < 4.78 is 0. The van der Waals surface area contributed by atoms with Gasteiger partial charge in [0, 0.05) is 24.3 Å². The first kappa shape index (κ1) is 14.3. The molecule has 3 nitrogen and oxygen atoms in total. The summed E-state index contributed by atoms with van der Waals surface area (Å²) >= 11 is 1.82. The molecule has 0 aromatic heterocycles. The second-order valence-corrected chi connectivity index (χ2v) is 6.08. The van der Waals surface area contributed by atoms with Gasteiger partial charge in [0.1, 0.15) is 0 Å². The van der Waals surface area contributed by atoms with Crippen molar-refractivity contribution >= 4 is 23.4 Å². The molecule has 0 saturated heterocycles. The van der Waals surface area contributed by atoms with Crippen LogP contribution in [-0.4, -0.2) is 31.0 Å². The number of carbonyl (C=O) groups is 1. The number of fused-ring (bicyclic) bond motifs is 1. The molecule has 2 N–H and O–H groups in total. The van der Waals surface area contributed by atoms with E-state index in [-0.39, 0.29) is 5.91 Å². The Morgan fingerprint density at radius 3 is 3.16 bits per heavy atom. The smallest absolute Gasteiger partial charge is 0.251 e. The molecule has 1 aliphatic heterocycles. The molecular formula is C15H22N2OS. The summed E-state index contributed by atoms with van der Waals surface area (Å²) in [4.78, 5) is 12.1. The van der Waals surface area contributed by atoms with Crippen molar-refractivity contribution in [2.24, 2.45) is 5.92 Å². The van der Waals surface area contributed by atoms with E-state index in [1.165, 1.54) is 11.3 Å². The van der Waals surface area contributed by atoms with Gasteiger partial charge in [0.2, 0.25) is 0 Å². The van der Waals surface area contributed by atoms with Crippen LogP contribution in [0.15, 0.2) is 18.2 Å². The van der Waals surface area contributed by atoms with E-state index in [1.807, 2.05) is 30.0 Å². The van der Waals surface area contributed by atoms with Gasteiger partial charge >= 0.3 is 0 Å². The van der Waals surface area contributed by atoms with Crippen LogP contribution in [0.3, 0.4) is 0 Å². The van der Waals surface area contributed by atoms with Crippen molar-refractivity contribution in [1.29, 1.82) is 0 Å². The highest BCUT2D eigenvalue weighted by Gasteiger charge is 2.12. The summed E-state index contributed by atoms with van der Waals surface area (Å²) in [6.07, 6.45) is 4.30. The lowest BCUT2D eigenvalue weighted by atomic mass is 10.0. The van der Waals surface area contributed by atoms with Gasteiger partial charge in [-0.05, 0) is 54.5 Å². The molecule has 4 heteroatoms. The van der Waals surface area contributed by atoms with Crippen LogP contribution in [0.5, 0.6) is 0 Å². The van der Waals surface area contributed by atoms with Gasteiger partial charge in [-0.15, -0.1) is 0 Å². The average Bonchev–Trinajstić information content (AvgIpc) is 2.44. The zero-order chi connectivity index (χ0) is 13.7. The SMILES string of the molecule is CSCC(C)CNC(=O)c1ccc2c(c1)CCCN2. The van der Waals surface area contributed by atoms with Gasteiger partial charge in [-0.2, -0.15) is 11.8 Å².